The van der Waals surface area contributed by atoms with Crippen molar-refractivity contribution in [3.8, 4) is 0 Å². The number of halogens is 1. The van der Waals surface area contributed by atoms with Crippen molar-refractivity contribution in [3.05, 3.63) is 33.2 Å². The fourth-order valence-electron chi connectivity index (χ4n) is 2.32. The van der Waals surface area contributed by atoms with E-state index in [-0.39, 0.29) is 5.56 Å². The molecule has 1 aromatic rings. The summed E-state index contributed by atoms with van der Waals surface area (Å²) in [6.45, 7) is 2.24. The van der Waals surface area contributed by atoms with E-state index in [2.05, 4.69) is 6.92 Å². The number of unbranched alkanes of at least 4 members (excludes halogenated alkanes) is 7. The van der Waals surface area contributed by atoms with Gasteiger partial charge in [0, 0.05) is 18.8 Å². The minimum atomic E-state index is 0.0513. The Labute approximate surface area is 121 Å². The lowest BCUT2D eigenvalue weighted by Gasteiger charge is -2.06. The van der Waals surface area contributed by atoms with Crippen molar-refractivity contribution in [2.75, 3.05) is 0 Å². The molecule has 0 saturated carbocycles. The average molecular weight is 284 g/mol. The van der Waals surface area contributed by atoms with Crippen LogP contribution in [0.15, 0.2) is 17.1 Å². The van der Waals surface area contributed by atoms with Crippen LogP contribution in [0.1, 0.15) is 63.9 Å². The normalized spacial score (nSPS) is 10.9. The highest BCUT2D eigenvalue weighted by Crippen LogP contribution is 2.15. The van der Waals surface area contributed by atoms with E-state index in [1.807, 2.05) is 6.07 Å². The molecule has 1 heterocycles. The van der Waals surface area contributed by atoms with Crippen LogP contribution in [0.4, 0.5) is 0 Å². The summed E-state index contributed by atoms with van der Waals surface area (Å²) >= 11 is 6.09. The number of pyridine rings is 1. The van der Waals surface area contributed by atoms with Gasteiger partial charge in [-0.15, -0.1) is 0 Å². The van der Waals surface area contributed by atoms with Gasteiger partial charge in [-0.2, -0.15) is 0 Å². The maximum absolute atomic E-state index is 11.9. The van der Waals surface area contributed by atoms with E-state index in [4.69, 9.17) is 11.6 Å². The first-order valence-corrected chi connectivity index (χ1v) is 7.88. The zero-order chi connectivity index (χ0) is 14.1. The zero-order valence-electron chi connectivity index (χ0n) is 12.3. The fraction of sp³-hybridized carbons (Fsp3) is 0.688. The number of aromatic nitrogens is 1. The smallest absolute Gasteiger partial charge is 0.254 e. The molecule has 3 heteroatoms. The molecule has 19 heavy (non-hydrogen) atoms. The lowest BCUT2D eigenvalue weighted by Crippen LogP contribution is -2.20. The second kappa shape index (κ2) is 9.19. The summed E-state index contributed by atoms with van der Waals surface area (Å²) in [5, 5.41) is 0.617. The molecule has 0 aliphatic rings. The number of aryl methyl sites for hydroxylation is 1. The molecule has 0 fully saturated rings. The third kappa shape index (κ3) is 5.82. The fourth-order valence-corrected chi connectivity index (χ4v) is 2.55. The highest BCUT2D eigenvalue weighted by molar-refractivity contribution is 6.31. The molecule has 0 saturated heterocycles. The van der Waals surface area contributed by atoms with Gasteiger partial charge in [0.2, 0.25) is 0 Å². The van der Waals surface area contributed by atoms with Crippen molar-refractivity contribution in [2.24, 2.45) is 7.05 Å². The highest BCUT2D eigenvalue weighted by Gasteiger charge is 2.06. The van der Waals surface area contributed by atoms with Crippen LogP contribution in [0.3, 0.4) is 0 Å². The number of hydrogen-bond donors (Lipinski definition) is 0. The van der Waals surface area contributed by atoms with Crippen LogP contribution in [-0.4, -0.2) is 4.57 Å². The van der Waals surface area contributed by atoms with Gasteiger partial charge in [-0.25, -0.2) is 0 Å². The van der Waals surface area contributed by atoms with Crippen LogP contribution in [-0.2, 0) is 13.5 Å². The van der Waals surface area contributed by atoms with Crippen LogP contribution in [0.5, 0.6) is 0 Å². The van der Waals surface area contributed by atoms with Gasteiger partial charge in [0.15, 0.2) is 0 Å². The zero-order valence-corrected chi connectivity index (χ0v) is 13.0. The van der Waals surface area contributed by atoms with Gasteiger partial charge in [-0.1, -0.05) is 63.5 Å². The predicted octanol–water partition coefficient (Wildman–Crippen LogP) is 4.72. The number of rotatable bonds is 9. The Morgan fingerprint density at radius 2 is 1.63 bits per heavy atom. The van der Waals surface area contributed by atoms with Gasteiger partial charge >= 0.3 is 0 Å². The van der Waals surface area contributed by atoms with E-state index < -0.39 is 0 Å². The molecule has 2 nitrogen and oxygen atoms in total. The van der Waals surface area contributed by atoms with Crippen LogP contribution in [0.25, 0.3) is 0 Å². The van der Waals surface area contributed by atoms with Crippen molar-refractivity contribution in [1.82, 2.24) is 4.57 Å². The molecule has 1 rings (SSSR count). The first kappa shape index (κ1) is 16.3. The second-order valence-electron chi connectivity index (χ2n) is 5.28. The molecule has 0 spiro atoms. The Bertz CT molecular complexity index is 425. The summed E-state index contributed by atoms with van der Waals surface area (Å²) in [4.78, 5) is 11.9. The maximum Gasteiger partial charge on any atom is 0.254 e. The summed E-state index contributed by atoms with van der Waals surface area (Å²) in [7, 11) is 1.77. The third-order valence-electron chi connectivity index (χ3n) is 3.59. The predicted molar refractivity (Wildman–Crippen MR) is 83.0 cm³/mol. The van der Waals surface area contributed by atoms with Crippen molar-refractivity contribution in [2.45, 2.75) is 64.7 Å². The summed E-state index contributed by atoms with van der Waals surface area (Å²) in [5.74, 6) is 0. The van der Waals surface area contributed by atoms with Crippen molar-refractivity contribution >= 4 is 11.6 Å². The highest BCUT2D eigenvalue weighted by atomic mass is 35.5. The molecular formula is C16H26ClNO. The SMILES string of the molecule is CCCCCCCCCCc1c(Cl)ccn(C)c1=O. The Kier molecular flexibility index (Phi) is 7.88. The second-order valence-corrected chi connectivity index (χ2v) is 5.69. The monoisotopic (exact) mass is 283 g/mol. The molecular weight excluding hydrogens is 258 g/mol. The quantitative estimate of drug-likeness (QED) is 0.601. The van der Waals surface area contributed by atoms with E-state index in [9.17, 15) is 4.79 Å². The summed E-state index contributed by atoms with van der Waals surface area (Å²) in [6.07, 6.45) is 12.8. The van der Waals surface area contributed by atoms with Gasteiger partial charge in [0.25, 0.3) is 5.56 Å². The Morgan fingerprint density at radius 3 is 2.26 bits per heavy atom. The number of hydrogen-bond acceptors (Lipinski definition) is 1. The molecule has 108 valence electrons. The van der Waals surface area contributed by atoms with Gasteiger partial charge < -0.3 is 4.57 Å². The summed E-state index contributed by atoms with van der Waals surface area (Å²) < 4.78 is 1.60. The first-order valence-electron chi connectivity index (χ1n) is 7.50. The Balaban J connectivity index is 2.23. The molecule has 0 amide bonds. The Hall–Kier alpha value is -0.760. The largest absolute Gasteiger partial charge is 0.318 e. The molecule has 0 aromatic carbocycles. The molecule has 0 atom stereocenters. The first-order chi connectivity index (χ1) is 9.16. The minimum Gasteiger partial charge on any atom is -0.318 e. The minimum absolute atomic E-state index is 0.0513. The standard InChI is InChI=1S/C16H26ClNO/c1-3-4-5-6-7-8-9-10-11-14-15(17)12-13-18(2)16(14)19/h12-13H,3-11H2,1-2H3. The lowest BCUT2D eigenvalue weighted by atomic mass is 10.0. The van der Waals surface area contributed by atoms with Crippen molar-refractivity contribution in [1.29, 1.82) is 0 Å². The summed E-state index contributed by atoms with van der Waals surface area (Å²) in [6, 6.07) is 1.81. The van der Waals surface area contributed by atoms with E-state index in [0.717, 1.165) is 18.4 Å². The molecule has 0 radical (unpaired) electrons. The van der Waals surface area contributed by atoms with E-state index in [1.54, 1.807) is 17.8 Å². The van der Waals surface area contributed by atoms with Crippen LogP contribution < -0.4 is 5.56 Å². The molecule has 1 aromatic heterocycles. The van der Waals surface area contributed by atoms with Gasteiger partial charge in [0.05, 0.1) is 5.02 Å². The Morgan fingerprint density at radius 1 is 1.05 bits per heavy atom. The van der Waals surface area contributed by atoms with Crippen molar-refractivity contribution in [3.63, 3.8) is 0 Å². The van der Waals surface area contributed by atoms with E-state index >= 15 is 0 Å². The summed E-state index contributed by atoms with van der Waals surface area (Å²) in [5.41, 5.74) is 0.827. The molecule has 0 bridgehead atoms. The van der Waals surface area contributed by atoms with Gasteiger partial charge in [-0.3, -0.25) is 4.79 Å². The average Bonchev–Trinajstić information content (AvgIpc) is 2.40. The van der Waals surface area contributed by atoms with Crippen LogP contribution in [0, 0.1) is 0 Å². The van der Waals surface area contributed by atoms with Crippen LogP contribution in [0.2, 0.25) is 5.02 Å². The molecule has 0 aliphatic carbocycles. The molecule has 0 unspecified atom stereocenters. The lowest BCUT2D eigenvalue weighted by molar-refractivity contribution is 0.574. The number of nitrogens with zero attached hydrogens (tertiary/aromatic N) is 1. The van der Waals surface area contributed by atoms with Gasteiger partial charge in [0.1, 0.15) is 0 Å². The third-order valence-corrected chi connectivity index (χ3v) is 3.95. The van der Waals surface area contributed by atoms with Crippen LogP contribution >= 0.6 is 11.6 Å². The van der Waals surface area contributed by atoms with E-state index in [1.165, 1.54) is 44.9 Å². The van der Waals surface area contributed by atoms with Crippen molar-refractivity contribution < 1.29 is 0 Å². The maximum atomic E-state index is 11.9. The van der Waals surface area contributed by atoms with Gasteiger partial charge in [-0.05, 0) is 18.9 Å². The van der Waals surface area contributed by atoms with E-state index in [0.29, 0.717) is 5.02 Å². The molecule has 0 aliphatic heterocycles. The molecule has 0 N–H and O–H groups in total. The topological polar surface area (TPSA) is 22.0 Å².